The highest BCUT2D eigenvalue weighted by molar-refractivity contribution is 7.80. The Bertz CT molecular complexity index is 1080. The molecule has 0 aliphatic heterocycles. The van der Waals surface area contributed by atoms with Crippen molar-refractivity contribution in [3.8, 4) is 0 Å². The molecule has 0 radical (unpaired) electrons. The van der Waals surface area contributed by atoms with E-state index in [1.54, 1.807) is 7.05 Å². The first kappa shape index (κ1) is 19.7. The lowest BCUT2D eigenvalue weighted by molar-refractivity contribution is 0.700. The van der Waals surface area contributed by atoms with Crippen LogP contribution in [-0.2, 0) is 12.8 Å². The van der Waals surface area contributed by atoms with E-state index in [9.17, 15) is 0 Å². The summed E-state index contributed by atoms with van der Waals surface area (Å²) >= 11 is 6.88. The van der Waals surface area contributed by atoms with E-state index in [1.807, 2.05) is 49.4 Å². The number of aryl methyl sites for hydroxylation is 3. The summed E-state index contributed by atoms with van der Waals surface area (Å²) in [4.78, 5) is 12.0. The molecule has 0 unspecified atom stereocenters. The summed E-state index contributed by atoms with van der Waals surface area (Å²) in [5, 5.41) is 12.3. The number of hydrazone groups is 1. The minimum atomic E-state index is 0.491. The average molecular weight is 425 g/mol. The van der Waals surface area contributed by atoms with Gasteiger partial charge in [0.15, 0.2) is 5.11 Å². The fraction of sp³-hybridized carbons (Fsp3) is 0.333. The maximum atomic E-state index is 5.05. The highest BCUT2D eigenvalue weighted by Gasteiger charge is 2.20. The second-order valence-corrected chi connectivity index (χ2v) is 8.59. The highest BCUT2D eigenvalue weighted by atomic mass is 32.1. The second kappa shape index (κ2) is 8.42. The number of fused-ring (bicyclic) bond motifs is 3. The summed E-state index contributed by atoms with van der Waals surface area (Å²) in [7, 11) is 1.76. The summed E-state index contributed by atoms with van der Waals surface area (Å²) in [5.74, 6) is 1.70. The van der Waals surface area contributed by atoms with Crippen LogP contribution in [0.1, 0.15) is 41.6 Å². The number of hydrogen-bond acceptors (Lipinski definition) is 6. The van der Waals surface area contributed by atoms with Crippen LogP contribution in [0.4, 0.5) is 11.5 Å². The third-order valence-electron chi connectivity index (χ3n) is 5.04. The van der Waals surface area contributed by atoms with E-state index in [1.165, 1.54) is 28.7 Å². The van der Waals surface area contributed by atoms with E-state index in [0.717, 1.165) is 46.3 Å². The molecule has 2 aromatic heterocycles. The Morgan fingerprint density at radius 3 is 2.66 bits per heavy atom. The maximum Gasteiger partial charge on any atom is 0.186 e. The molecule has 4 rings (SSSR count). The van der Waals surface area contributed by atoms with Crippen molar-refractivity contribution in [2.75, 3.05) is 12.4 Å². The molecule has 0 saturated carbocycles. The molecule has 3 N–H and O–H groups in total. The molecule has 150 valence electrons. The Morgan fingerprint density at radius 1 is 1.14 bits per heavy atom. The van der Waals surface area contributed by atoms with Crippen molar-refractivity contribution in [2.45, 2.75) is 39.5 Å². The number of nitrogens with zero attached hydrogens (tertiary/aromatic N) is 3. The number of aromatic nitrogens is 2. The van der Waals surface area contributed by atoms with Crippen LogP contribution in [0, 0.1) is 6.92 Å². The normalized spacial score (nSPS) is 13.8. The number of nitrogens with one attached hydrogen (secondary N) is 3. The quantitative estimate of drug-likeness (QED) is 0.327. The number of hydrogen-bond donors (Lipinski definition) is 3. The number of anilines is 2. The molecular weight excluding hydrogens is 400 g/mol. The van der Waals surface area contributed by atoms with E-state index in [0.29, 0.717) is 5.11 Å². The Morgan fingerprint density at radius 2 is 1.90 bits per heavy atom. The first-order valence-electron chi connectivity index (χ1n) is 9.73. The van der Waals surface area contributed by atoms with Gasteiger partial charge in [0.25, 0.3) is 0 Å². The lowest BCUT2D eigenvalue weighted by Crippen LogP contribution is -2.29. The Hall–Kier alpha value is -2.58. The standard InChI is InChI=1S/C21H24N6S2/c1-12(26-27-21(28)22-3)14-8-10-15(11-9-14)25-19-18-16-6-4-5-7-17(16)29-20(18)24-13(2)23-19/h8-11H,4-7H2,1-3H3,(H2,22,27,28)(H,23,24,25)/b26-12+. The van der Waals surface area contributed by atoms with E-state index in [4.69, 9.17) is 22.2 Å². The van der Waals surface area contributed by atoms with Crippen LogP contribution < -0.4 is 16.1 Å². The number of benzene rings is 1. The van der Waals surface area contributed by atoms with Gasteiger partial charge in [0.05, 0.1) is 11.1 Å². The van der Waals surface area contributed by atoms with Gasteiger partial charge in [-0.25, -0.2) is 9.97 Å². The number of thiophene rings is 1. The Kier molecular flexibility index (Phi) is 5.73. The van der Waals surface area contributed by atoms with Crippen LogP contribution in [0.3, 0.4) is 0 Å². The van der Waals surface area contributed by atoms with Crippen LogP contribution in [0.5, 0.6) is 0 Å². The molecule has 29 heavy (non-hydrogen) atoms. The fourth-order valence-electron chi connectivity index (χ4n) is 3.54. The van der Waals surface area contributed by atoms with Gasteiger partial charge >= 0.3 is 0 Å². The number of thiocarbonyl (C=S) groups is 1. The van der Waals surface area contributed by atoms with E-state index in [-0.39, 0.29) is 0 Å². The van der Waals surface area contributed by atoms with Gasteiger partial charge in [-0.1, -0.05) is 12.1 Å². The second-order valence-electron chi connectivity index (χ2n) is 7.10. The largest absolute Gasteiger partial charge is 0.364 e. The molecule has 8 heteroatoms. The van der Waals surface area contributed by atoms with Crippen LogP contribution in [-0.4, -0.2) is 27.8 Å². The van der Waals surface area contributed by atoms with Gasteiger partial charge in [-0.2, -0.15) is 5.10 Å². The monoisotopic (exact) mass is 424 g/mol. The zero-order valence-corrected chi connectivity index (χ0v) is 18.4. The molecule has 1 aliphatic carbocycles. The summed E-state index contributed by atoms with van der Waals surface area (Å²) < 4.78 is 0. The van der Waals surface area contributed by atoms with Crippen molar-refractivity contribution in [3.05, 3.63) is 46.1 Å². The van der Waals surface area contributed by atoms with Crippen molar-refractivity contribution in [3.63, 3.8) is 0 Å². The van der Waals surface area contributed by atoms with E-state index >= 15 is 0 Å². The topological polar surface area (TPSA) is 74.2 Å². The first-order chi connectivity index (χ1) is 14.0. The molecule has 0 saturated heterocycles. The van der Waals surface area contributed by atoms with Crippen molar-refractivity contribution >= 4 is 56.1 Å². The smallest absolute Gasteiger partial charge is 0.186 e. The van der Waals surface area contributed by atoms with Gasteiger partial charge < -0.3 is 10.6 Å². The first-order valence-corrected chi connectivity index (χ1v) is 11.0. The zero-order chi connectivity index (χ0) is 20.4. The molecule has 0 atom stereocenters. The molecule has 0 fully saturated rings. The lowest BCUT2D eigenvalue weighted by atomic mass is 9.97. The van der Waals surface area contributed by atoms with Gasteiger partial charge in [0, 0.05) is 17.6 Å². The van der Waals surface area contributed by atoms with E-state index < -0.39 is 0 Å². The van der Waals surface area contributed by atoms with Gasteiger partial charge in [0.1, 0.15) is 16.5 Å². The van der Waals surface area contributed by atoms with Gasteiger partial charge in [-0.05, 0) is 75.0 Å². The Labute approximate surface area is 179 Å². The van der Waals surface area contributed by atoms with E-state index in [2.05, 4.69) is 21.2 Å². The summed E-state index contributed by atoms with van der Waals surface area (Å²) in [6.07, 6.45) is 4.79. The Balaban J connectivity index is 1.60. The van der Waals surface area contributed by atoms with Crippen LogP contribution in [0.2, 0.25) is 0 Å². The zero-order valence-electron chi connectivity index (χ0n) is 16.8. The third-order valence-corrected chi connectivity index (χ3v) is 6.53. The van der Waals surface area contributed by atoms with Crippen molar-refractivity contribution in [1.29, 1.82) is 0 Å². The summed E-state index contributed by atoms with van der Waals surface area (Å²) in [6, 6.07) is 8.18. The molecule has 6 nitrogen and oxygen atoms in total. The predicted octanol–water partition coefficient (Wildman–Crippen LogP) is 4.44. The molecule has 1 aromatic carbocycles. The fourth-order valence-corrected chi connectivity index (χ4v) is 4.89. The van der Waals surface area contributed by atoms with Gasteiger partial charge in [0.2, 0.25) is 0 Å². The average Bonchev–Trinajstić information content (AvgIpc) is 3.10. The van der Waals surface area contributed by atoms with Crippen molar-refractivity contribution in [2.24, 2.45) is 5.10 Å². The molecule has 3 aromatic rings. The van der Waals surface area contributed by atoms with Crippen LogP contribution in [0.15, 0.2) is 29.4 Å². The molecule has 2 heterocycles. The van der Waals surface area contributed by atoms with Gasteiger partial charge in [-0.3, -0.25) is 5.43 Å². The summed E-state index contributed by atoms with van der Waals surface area (Å²) in [6.45, 7) is 3.90. The maximum absolute atomic E-state index is 5.05. The SMILES string of the molecule is CNC(=S)N/N=C(\C)c1ccc(Nc2nc(C)nc3sc4c(c23)CCCC4)cc1. The molecule has 0 amide bonds. The minimum absolute atomic E-state index is 0.491. The predicted molar refractivity (Wildman–Crippen MR) is 126 cm³/mol. The highest BCUT2D eigenvalue weighted by Crippen LogP contribution is 2.39. The van der Waals surface area contributed by atoms with Gasteiger partial charge in [-0.15, -0.1) is 11.3 Å². The minimum Gasteiger partial charge on any atom is -0.364 e. The number of rotatable bonds is 4. The molecule has 1 aliphatic rings. The lowest BCUT2D eigenvalue weighted by Gasteiger charge is -2.13. The molecule has 0 spiro atoms. The van der Waals surface area contributed by atoms with Crippen molar-refractivity contribution < 1.29 is 0 Å². The molecule has 0 bridgehead atoms. The summed E-state index contributed by atoms with van der Waals surface area (Å²) in [5.41, 5.74) is 7.13. The van der Waals surface area contributed by atoms with Crippen LogP contribution >= 0.6 is 23.6 Å². The van der Waals surface area contributed by atoms with Crippen LogP contribution in [0.25, 0.3) is 10.2 Å². The third kappa shape index (κ3) is 4.23. The van der Waals surface area contributed by atoms with Crippen molar-refractivity contribution in [1.82, 2.24) is 20.7 Å². The molecular formula is C21H24N6S2.